The fourth-order valence-electron chi connectivity index (χ4n) is 2.71. The van der Waals surface area contributed by atoms with E-state index in [1.165, 1.54) is 7.11 Å². The molecule has 0 bridgehead atoms. The van der Waals surface area contributed by atoms with Crippen LogP contribution < -0.4 is 10.6 Å². The van der Waals surface area contributed by atoms with Crippen LogP contribution in [0.5, 0.6) is 0 Å². The van der Waals surface area contributed by atoms with E-state index >= 15 is 0 Å². The molecule has 2 aromatic rings. The van der Waals surface area contributed by atoms with Crippen molar-refractivity contribution in [1.82, 2.24) is 0 Å². The lowest BCUT2D eigenvalue weighted by Crippen LogP contribution is -2.16. The van der Waals surface area contributed by atoms with Gasteiger partial charge in [-0.3, -0.25) is 9.59 Å². The number of methoxy groups -OCH3 is 1. The average molecular weight is 352 g/mol. The van der Waals surface area contributed by atoms with Gasteiger partial charge in [-0.15, -0.1) is 0 Å². The minimum Gasteiger partial charge on any atom is -0.465 e. The second-order valence-electron chi connectivity index (χ2n) is 6.42. The van der Waals surface area contributed by atoms with Gasteiger partial charge in [0.05, 0.1) is 12.7 Å². The second-order valence-corrected chi connectivity index (χ2v) is 6.42. The highest BCUT2D eigenvalue weighted by molar-refractivity contribution is 6.06. The number of esters is 1. The lowest BCUT2D eigenvalue weighted by Gasteiger charge is -2.09. The number of hydrogen-bond donors (Lipinski definition) is 2. The summed E-state index contributed by atoms with van der Waals surface area (Å²) in [7, 11) is 1.30. The van der Waals surface area contributed by atoms with Crippen LogP contribution in [0.3, 0.4) is 0 Å². The molecule has 0 heterocycles. The Morgan fingerprint density at radius 3 is 2.15 bits per heavy atom. The molecule has 1 aliphatic carbocycles. The number of anilines is 2. The normalized spacial score (nSPS) is 17.9. The molecule has 6 nitrogen and oxygen atoms in total. The maximum absolute atomic E-state index is 12.5. The van der Waals surface area contributed by atoms with E-state index in [2.05, 4.69) is 15.4 Å². The first kappa shape index (κ1) is 17.7. The number of benzene rings is 2. The van der Waals surface area contributed by atoms with Crippen molar-refractivity contribution in [2.24, 2.45) is 11.8 Å². The molecule has 2 aromatic carbocycles. The van der Waals surface area contributed by atoms with Crippen molar-refractivity contribution in [3.8, 4) is 0 Å². The van der Waals surface area contributed by atoms with Gasteiger partial charge in [-0.25, -0.2) is 4.79 Å². The van der Waals surface area contributed by atoms with E-state index in [0.717, 1.165) is 6.42 Å². The average Bonchev–Trinajstić information content (AvgIpc) is 3.38. The van der Waals surface area contributed by atoms with E-state index in [-0.39, 0.29) is 17.7 Å². The summed E-state index contributed by atoms with van der Waals surface area (Å²) in [5.41, 5.74) is 1.84. The van der Waals surface area contributed by atoms with Gasteiger partial charge in [-0.1, -0.05) is 19.1 Å². The van der Waals surface area contributed by atoms with Crippen LogP contribution in [0, 0.1) is 11.8 Å². The van der Waals surface area contributed by atoms with Gasteiger partial charge >= 0.3 is 5.97 Å². The molecule has 2 amide bonds. The third-order valence-electron chi connectivity index (χ3n) is 4.38. The molecule has 3 rings (SSSR count). The number of hydrogen-bond acceptors (Lipinski definition) is 4. The standard InChI is InChI=1S/C20H20N2O4/c1-12-9-17(12)19(24)22-15-7-3-5-13(10-15)18(23)21-16-8-4-6-14(11-16)20(25)26-2/h3-8,10-12,17H,9H2,1-2H3,(H,21,23)(H,22,24)/t12-,17-/m1/s1. The number of rotatable bonds is 5. The molecular formula is C20H20N2O4. The van der Waals surface area contributed by atoms with E-state index in [0.29, 0.717) is 28.4 Å². The van der Waals surface area contributed by atoms with Crippen LogP contribution in [0.25, 0.3) is 0 Å². The minimum atomic E-state index is -0.472. The zero-order chi connectivity index (χ0) is 18.7. The Bertz CT molecular complexity index is 862. The van der Waals surface area contributed by atoms with Gasteiger partial charge in [0.2, 0.25) is 5.91 Å². The van der Waals surface area contributed by atoms with E-state index in [4.69, 9.17) is 0 Å². The minimum absolute atomic E-state index is 0.0131. The van der Waals surface area contributed by atoms with E-state index in [1.54, 1.807) is 48.5 Å². The smallest absolute Gasteiger partial charge is 0.337 e. The van der Waals surface area contributed by atoms with Gasteiger partial charge in [0, 0.05) is 22.9 Å². The molecule has 6 heteroatoms. The maximum atomic E-state index is 12.5. The maximum Gasteiger partial charge on any atom is 0.337 e. The summed E-state index contributed by atoms with van der Waals surface area (Å²) in [6.07, 6.45) is 0.905. The molecule has 0 unspecified atom stereocenters. The molecule has 1 aliphatic rings. The third-order valence-corrected chi connectivity index (χ3v) is 4.38. The summed E-state index contributed by atoms with van der Waals surface area (Å²) in [5, 5.41) is 5.59. The predicted molar refractivity (Wildman–Crippen MR) is 98.1 cm³/mol. The third kappa shape index (κ3) is 4.08. The highest BCUT2D eigenvalue weighted by Crippen LogP contribution is 2.38. The zero-order valence-corrected chi connectivity index (χ0v) is 14.6. The SMILES string of the molecule is COC(=O)c1cccc(NC(=O)c2cccc(NC(=O)[C@@H]3C[C@H]3C)c2)c1. The van der Waals surface area contributed by atoms with Gasteiger partial charge in [-0.05, 0) is 48.7 Å². The largest absolute Gasteiger partial charge is 0.465 e. The summed E-state index contributed by atoms with van der Waals surface area (Å²) < 4.78 is 4.67. The van der Waals surface area contributed by atoms with Gasteiger partial charge in [-0.2, -0.15) is 0 Å². The molecular weight excluding hydrogens is 332 g/mol. The molecule has 26 heavy (non-hydrogen) atoms. The van der Waals surface area contributed by atoms with Gasteiger partial charge in [0.25, 0.3) is 5.91 Å². The fraction of sp³-hybridized carbons (Fsp3) is 0.250. The van der Waals surface area contributed by atoms with Crippen LogP contribution >= 0.6 is 0 Å². The summed E-state index contributed by atoms with van der Waals surface area (Å²) in [6, 6.07) is 13.3. The Morgan fingerprint density at radius 2 is 1.54 bits per heavy atom. The predicted octanol–water partition coefficient (Wildman–Crippen LogP) is 3.32. The first-order chi connectivity index (χ1) is 12.5. The molecule has 0 aliphatic heterocycles. The molecule has 1 fully saturated rings. The molecule has 0 aromatic heterocycles. The zero-order valence-electron chi connectivity index (χ0n) is 14.6. The lowest BCUT2D eigenvalue weighted by molar-refractivity contribution is -0.117. The van der Waals surface area contributed by atoms with Gasteiger partial charge < -0.3 is 15.4 Å². The Morgan fingerprint density at radius 1 is 0.962 bits per heavy atom. The Kier molecular flexibility index (Phi) is 5.02. The van der Waals surface area contributed by atoms with Crippen molar-refractivity contribution in [3.05, 3.63) is 59.7 Å². The molecule has 2 N–H and O–H groups in total. The van der Waals surface area contributed by atoms with Crippen LogP contribution in [0.2, 0.25) is 0 Å². The highest BCUT2D eigenvalue weighted by Gasteiger charge is 2.39. The van der Waals surface area contributed by atoms with Gasteiger partial charge in [0.1, 0.15) is 0 Å². The number of carbonyl (C=O) groups excluding carboxylic acids is 3. The number of ether oxygens (including phenoxy) is 1. The van der Waals surface area contributed by atoms with E-state index < -0.39 is 5.97 Å². The van der Waals surface area contributed by atoms with Crippen LogP contribution in [0.1, 0.15) is 34.1 Å². The van der Waals surface area contributed by atoms with E-state index in [9.17, 15) is 14.4 Å². The van der Waals surface area contributed by atoms with Crippen LogP contribution in [0.15, 0.2) is 48.5 Å². The number of amides is 2. The quantitative estimate of drug-likeness (QED) is 0.809. The molecule has 0 saturated heterocycles. The summed E-state index contributed by atoms with van der Waals surface area (Å²) in [6.45, 7) is 2.04. The van der Waals surface area contributed by atoms with Crippen LogP contribution in [0.4, 0.5) is 11.4 Å². The number of carbonyl (C=O) groups is 3. The molecule has 1 saturated carbocycles. The summed E-state index contributed by atoms with van der Waals surface area (Å²) in [4.78, 5) is 36.1. The Labute approximate surface area is 151 Å². The van der Waals surface area contributed by atoms with Crippen molar-refractivity contribution in [2.75, 3.05) is 17.7 Å². The molecule has 0 spiro atoms. The fourth-order valence-corrected chi connectivity index (χ4v) is 2.71. The first-order valence-electron chi connectivity index (χ1n) is 8.38. The van der Waals surface area contributed by atoms with Crippen LogP contribution in [-0.4, -0.2) is 24.9 Å². The molecule has 2 atom stereocenters. The monoisotopic (exact) mass is 352 g/mol. The van der Waals surface area contributed by atoms with Crippen molar-refractivity contribution in [3.63, 3.8) is 0 Å². The van der Waals surface area contributed by atoms with Crippen molar-refractivity contribution in [1.29, 1.82) is 0 Å². The molecule has 134 valence electrons. The Hall–Kier alpha value is -3.15. The first-order valence-corrected chi connectivity index (χ1v) is 8.38. The van der Waals surface area contributed by atoms with Crippen molar-refractivity contribution >= 4 is 29.2 Å². The second kappa shape index (κ2) is 7.39. The summed E-state index contributed by atoms with van der Waals surface area (Å²) >= 11 is 0. The molecule has 0 radical (unpaired) electrons. The van der Waals surface area contributed by atoms with E-state index in [1.807, 2.05) is 6.92 Å². The van der Waals surface area contributed by atoms with Crippen molar-refractivity contribution < 1.29 is 19.1 Å². The topological polar surface area (TPSA) is 84.5 Å². The Balaban J connectivity index is 1.69. The highest BCUT2D eigenvalue weighted by atomic mass is 16.5. The lowest BCUT2D eigenvalue weighted by atomic mass is 10.1. The summed E-state index contributed by atoms with van der Waals surface area (Å²) in [5.74, 6) is -0.332. The van der Waals surface area contributed by atoms with Gasteiger partial charge in [0.15, 0.2) is 0 Å². The number of nitrogens with one attached hydrogen (secondary N) is 2. The van der Waals surface area contributed by atoms with Crippen molar-refractivity contribution in [2.45, 2.75) is 13.3 Å². The van der Waals surface area contributed by atoms with Crippen LogP contribution in [-0.2, 0) is 9.53 Å².